The van der Waals surface area contributed by atoms with Crippen molar-refractivity contribution < 1.29 is 24.9 Å². The van der Waals surface area contributed by atoms with Crippen molar-refractivity contribution in [2.45, 2.75) is 25.2 Å². The summed E-state index contributed by atoms with van der Waals surface area (Å²) in [5.41, 5.74) is 0. The Morgan fingerprint density at radius 2 is 2.19 bits per heavy atom. The van der Waals surface area contributed by atoms with Gasteiger partial charge in [0.1, 0.15) is 6.04 Å². The van der Waals surface area contributed by atoms with Gasteiger partial charge in [0.05, 0.1) is 25.4 Å². The standard InChI is InChI=1S/C10H19NO5/c1-3-4-16-6-8(13)5-11-9(7(2)12)10(14)15/h3,7-9,11-13H,1,4-6H2,2H3,(H,14,15). The molecule has 0 aliphatic heterocycles. The van der Waals surface area contributed by atoms with Crippen molar-refractivity contribution in [1.82, 2.24) is 5.32 Å². The van der Waals surface area contributed by atoms with E-state index < -0.39 is 24.2 Å². The van der Waals surface area contributed by atoms with E-state index in [1.54, 1.807) is 6.08 Å². The van der Waals surface area contributed by atoms with E-state index in [-0.39, 0.29) is 13.2 Å². The smallest absolute Gasteiger partial charge is 0.323 e. The summed E-state index contributed by atoms with van der Waals surface area (Å²) in [5, 5.41) is 29.8. The molecule has 0 fully saturated rings. The summed E-state index contributed by atoms with van der Waals surface area (Å²) in [6, 6.07) is -1.09. The largest absolute Gasteiger partial charge is 0.480 e. The van der Waals surface area contributed by atoms with Gasteiger partial charge in [-0.2, -0.15) is 0 Å². The lowest BCUT2D eigenvalue weighted by atomic mass is 10.2. The molecule has 0 amide bonds. The second kappa shape index (κ2) is 8.23. The van der Waals surface area contributed by atoms with E-state index in [0.29, 0.717) is 6.61 Å². The second-order valence-corrected chi connectivity index (χ2v) is 3.44. The first-order chi connectivity index (χ1) is 7.49. The van der Waals surface area contributed by atoms with Gasteiger partial charge in [0.2, 0.25) is 0 Å². The molecular weight excluding hydrogens is 214 g/mol. The fourth-order valence-corrected chi connectivity index (χ4v) is 1.07. The highest BCUT2D eigenvalue weighted by Gasteiger charge is 2.22. The number of aliphatic hydroxyl groups excluding tert-OH is 2. The molecule has 0 heterocycles. The van der Waals surface area contributed by atoms with Gasteiger partial charge < -0.3 is 20.1 Å². The Balaban J connectivity index is 3.82. The van der Waals surface area contributed by atoms with Gasteiger partial charge in [-0.3, -0.25) is 10.1 Å². The molecule has 4 N–H and O–H groups in total. The third kappa shape index (κ3) is 6.52. The Morgan fingerprint density at radius 1 is 1.56 bits per heavy atom. The van der Waals surface area contributed by atoms with Crippen LogP contribution in [0.3, 0.4) is 0 Å². The van der Waals surface area contributed by atoms with Gasteiger partial charge >= 0.3 is 5.97 Å². The molecule has 0 aromatic carbocycles. The van der Waals surface area contributed by atoms with Gasteiger partial charge in [-0.05, 0) is 6.92 Å². The molecule has 0 aromatic heterocycles. The van der Waals surface area contributed by atoms with Crippen LogP contribution >= 0.6 is 0 Å². The van der Waals surface area contributed by atoms with E-state index >= 15 is 0 Å². The highest BCUT2D eigenvalue weighted by molar-refractivity contribution is 5.74. The number of hydrogen-bond acceptors (Lipinski definition) is 5. The topological polar surface area (TPSA) is 99.0 Å². The summed E-state index contributed by atoms with van der Waals surface area (Å²) >= 11 is 0. The molecule has 6 heteroatoms. The van der Waals surface area contributed by atoms with Gasteiger partial charge in [-0.25, -0.2) is 0 Å². The Kier molecular flexibility index (Phi) is 7.74. The average Bonchev–Trinajstić information content (AvgIpc) is 2.17. The summed E-state index contributed by atoms with van der Waals surface area (Å²) in [6.45, 7) is 5.27. The van der Waals surface area contributed by atoms with Crippen LogP contribution in [-0.2, 0) is 9.53 Å². The van der Waals surface area contributed by atoms with Crippen molar-refractivity contribution in [3.63, 3.8) is 0 Å². The SMILES string of the molecule is C=CCOCC(O)CNC(C(=O)O)C(C)O. The number of carbonyl (C=O) groups is 1. The number of carboxylic acid groups (broad SMARTS) is 1. The predicted octanol–water partition coefficient (Wildman–Crippen LogP) is -1.03. The number of rotatable bonds is 9. The van der Waals surface area contributed by atoms with Crippen LogP contribution in [0, 0.1) is 0 Å². The van der Waals surface area contributed by atoms with Crippen molar-refractivity contribution in [3.8, 4) is 0 Å². The van der Waals surface area contributed by atoms with Crippen molar-refractivity contribution >= 4 is 5.97 Å². The average molecular weight is 233 g/mol. The van der Waals surface area contributed by atoms with E-state index in [9.17, 15) is 9.90 Å². The summed E-state index contributed by atoms with van der Waals surface area (Å²) < 4.78 is 4.98. The van der Waals surface area contributed by atoms with Crippen LogP contribution in [0.1, 0.15) is 6.92 Å². The van der Waals surface area contributed by atoms with Crippen molar-refractivity contribution in [2.24, 2.45) is 0 Å². The van der Waals surface area contributed by atoms with Crippen LogP contribution in [0.15, 0.2) is 12.7 Å². The quantitative estimate of drug-likeness (QED) is 0.300. The van der Waals surface area contributed by atoms with Gasteiger partial charge in [-0.15, -0.1) is 6.58 Å². The van der Waals surface area contributed by atoms with Crippen LogP contribution in [0.4, 0.5) is 0 Å². The monoisotopic (exact) mass is 233 g/mol. The zero-order valence-electron chi connectivity index (χ0n) is 9.30. The van der Waals surface area contributed by atoms with E-state index in [1.165, 1.54) is 6.92 Å². The third-order valence-corrected chi connectivity index (χ3v) is 1.87. The number of aliphatic hydroxyl groups is 2. The highest BCUT2D eigenvalue weighted by atomic mass is 16.5. The van der Waals surface area contributed by atoms with Crippen LogP contribution in [0.25, 0.3) is 0 Å². The fraction of sp³-hybridized carbons (Fsp3) is 0.700. The predicted molar refractivity (Wildman–Crippen MR) is 58.1 cm³/mol. The Hall–Kier alpha value is -0.950. The summed E-state index contributed by atoms with van der Waals surface area (Å²) in [6.07, 6.45) is -0.296. The summed E-state index contributed by atoms with van der Waals surface area (Å²) in [7, 11) is 0. The minimum absolute atomic E-state index is 0.0407. The minimum atomic E-state index is -1.16. The maximum Gasteiger partial charge on any atom is 0.323 e. The first kappa shape index (κ1) is 15.0. The number of ether oxygens (including phenoxy) is 1. The molecule has 0 aliphatic carbocycles. The lowest BCUT2D eigenvalue weighted by molar-refractivity contribution is -0.142. The van der Waals surface area contributed by atoms with Gasteiger partial charge in [0, 0.05) is 6.54 Å². The number of aliphatic carboxylic acids is 1. The molecule has 0 radical (unpaired) electrons. The molecule has 94 valence electrons. The van der Waals surface area contributed by atoms with Crippen molar-refractivity contribution in [2.75, 3.05) is 19.8 Å². The molecule has 0 saturated carbocycles. The van der Waals surface area contributed by atoms with Crippen LogP contribution in [0.2, 0.25) is 0 Å². The summed E-state index contributed by atoms with van der Waals surface area (Å²) in [5.74, 6) is -1.16. The van der Waals surface area contributed by atoms with E-state index in [0.717, 1.165) is 0 Å². The number of hydrogen-bond donors (Lipinski definition) is 4. The van der Waals surface area contributed by atoms with Crippen molar-refractivity contribution in [1.29, 1.82) is 0 Å². The Labute approximate surface area is 94.5 Å². The van der Waals surface area contributed by atoms with Gasteiger partial charge in [0.15, 0.2) is 0 Å². The lowest BCUT2D eigenvalue weighted by Gasteiger charge is -2.19. The van der Waals surface area contributed by atoms with Gasteiger partial charge in [-0.1, -0.05) is 6.08 Å². The van der Waals surface area contributed by atoms with Crippen LogP contribution in [0.5, 0.6) is 0 Å². The maximum atomic E-state index is 10.7. The Morgan fingerprint density at radius 3 is 2.62 bits per heavy atom. The van der Waals surface area contributed by atoms with Crippen LogP contribution in [-0.4, -0.2) is 59.3 Å². The zero-order valence-corrected chi connectivity index (χ0v) is 9.30. The lowest BCUT2D eigenvalue weighted by Crippen LogP contribution is -2.48. The summed E-state index contributed by atoms with van der Waals surface area (Å²) in [4.78, 5) is 10.7. The molecule has 0 aromatic rings. The first-order valence-corrected chi connectivity index (χ1v) is 5.00. The molecule has 3 unspecified atom stereocenters. The molecule has 6 nitrogen and oxygen atoms in total. The normalized spacial score (nSPS) is 16.4. The molecule has 16 heavy (non-hydrogen) atoms. The molecule has 0 spiro atoms. The highest BCUT2D eigenvalue weighted by Crippen LogP contribution is 1.94. The van der Waals surface area contributed by atoms with E-state index in [4.69, 9.17) is 14.9 Å². The molecular formula is C10H19NO5. The van der Waals surface area contributed by atoms with Crippen LogP contribution < -0.4 is 5.32 Å². The molecule has 0 aliphatic rings. The fourth-order valence-electron chi connectivity index (χ4n) is 1.07. The first-order valence-electron chi connectivity index (χ1n) is 5.00. The van der Waals surface area contributed by atoms with E-state index in [1.807, 2.05) is 0 Å². The van der Waals surface area contributed by atoms with Gasteiger partial charge in [0.25, 0.3) is 0 Å². The second-order valence-electron chi connectivity index (χ2n) is 3.44. The molecule has 0 saturated heterocycles. The Bertz CT molecular complexity index is 219. The molecule has 0 rings (SSSR count). The number of nitrogens with one attached hydrogen (secondary N) is 1. The molecule has 0 bridgehead atoms. The van der Waals surface area contributed by atoms with Crippen molar-refractivity contribution in [3.05, 3.63) is 12.7 Å². The third-order valence-electron chi connectivity index (χ3n) is 1.87. The number of carboxylic acids is 1. The molecule has 3 atom stereocenters. The van der Waals surface area contributed by atoms with E-state index in [2.05, 4.69) is 11.9 Å². The minimum Gasteiger partial charge on any atom is -0.480 e. The maximum absolute atomic E-state index is 10.7. The zero-order chi connectivity index (χ0) is 12.6.